The van der Waals surface area contributed by atoms with Gasteiger partial charge >= 0.3 is 0 Å². The van der Waals surface area contributed by atoms with Gasteiger partial charge in [0.25, 0.3) is 0 Å². The number of benzene rings is 1. The van der Waals surface area contributed by atoms with Crippen molar-refractivity contribution in [3.05, 3.63) is 54.9 Å². The van der Waals surface area contributed by atoms with Crippen molar-refractivity contribution in [2.45, 2.75) is 13.5 Å². The Hall–Kier alpha value is -1.63. The third-order valence-electron chi connectivity index (χ3n) is 2.90. The third kappa shape index (κ3) is 5.00. The molecule has 2 aromatic rings. The summed E-state index contributed by atoms with van der Waals surface area (Å²) in [6, 6.07) is 10.2. The minimum atomic E-state index is 0. The predicted molar refractivity (Wildman–Crippen MR) is 100 cm³/mol. The molecule has 5 heteroatoms. The first-order valence-corrected chi connectivity index (χ1v) is 6.81. The number of guanidine groups is 1. The van der Waals surface area contributed by atoms with Crippen molar-refractivity contribution in [1.82, 2.24) is 15.6 Å². The molecule has 0 bridgehead atoms. The summed E-state index contributed by atoms with van der Waals surface area (Å²) in [5, 5.41) is 8.72. The van der Waals surface area contributed by atoms with Gasteiger partial charge in [-0.05, 0) is 18.4 Å². The average Bonchev–Trinajstić information content (AvgIpc) is 2.50. The Morgan fingerprint density at radius 3 is 2.86 bits per heavy atom. The van der Waals surface area contributed by atoms with Crippen molar-refractivity contribution in [3.63, 3.8) is 0 Å². The third-order valence-corrected chi connectivity index (χ3v) is 2.90. The van der Waals surface area contributed by atoms with Crippen molar-refractivity contribution in [3.8, 4) is 0 Å². The van der Waals surface area contributed by atoms with Gasteiger partial charge in [-0.3, -0.25) is 4.98 Å². The molecule has 0 saturated carbocycles. The van der Waals surface area contributed by atoms with Crippen LogP contribution in [0.5, 0.6) is 0 Å². The number of aliphatic imine (C=N–C) groups is 1. The number of pyridine rings is 1. The number of hydrogen-bond acceptors (Lipinski definition) is 2. The Kier molecular flexibility index (Phi) is 7.74. The fourth-order valence-corrected chi connectivity index (χ4v) is 1.97. The molecule has 4 nitrogen and oxygen atoms in total. The highest BCUT2D eigenvalue weighted by atomic mass is 127. The number of hydrogen-bond donors (Lipinski definition) is 2. The second-order valence-electron chi connectivity index (χ2n) is 4.34. The predicted octanol–water partition coefficient (Wildman–Crippen LogP) is 3.09. The number of fused-ring (bicyclic) bond motifs is 1. The van der Waals surface area contributed by atoms with Crippen LogP contribution in [0.3, 0.4) is 0 Å². The second-order valence-corrected chi connectivity index (χ2v) is 4.34. The molecule has 1 aromatic carbocycles. The van der Waals surface area contributed by atoms with Crippen molar-refractivity contribution < 1.29 is 0 Å². The number of nitrogens with one attached hydrogen (secondary N) is 2. The van der Waals surface area contributed by atoms with Crippen LogP contribution in [0.2, 0.25) is 0 Å². The average molecular weight is 396 g/mol. The Bertz CT molecular complexity index is 605. The fourth-order valence-electron chi connectivity index (χ4n) is 1.97. The molecule has 0 aliphatic carbocycles. The van der Waals surface area contributed by atoms with Crippen LogP contribution in [0.15, 0.2) is 54.2 Å². The molecule has 0 aliphatic heterocycles. The first kappa shape index (κ1) is 17.4. The minimum absolute atomic E-state index is 0. The van der Waals surface area contributed by atoms with Crippen molar-refractivity contribution >= 4 is 40.7 Å². The van der Waals surface area contributed by atoms with E-state index in [1.807, 2.05) is 37.4 Å². The van der Waals surface area contributed by atoms with Crippen LogP contribution >= 0.6 is 24.0 Å². The van der Waals surface area contributed by atoms with Crippen molar-refractivity contribution in [1.29, 1.82) is 0 Å². The smallest absolute Gasteiger partial charge is 0.191 e. The zero-order chi connectivity index (χ0) is 14.2. The SMILES string of the molecule is C=CCNC(=NCc1nccc2ccccc12)NCC.I. The molecule has 0 amide bonds. The molecule has 0 spiro atoms. The maximum absolute atomic E-state index is 4.56. The lowest BCUT2D eigenvalue weighted by Gasteiger charge is -2.09. The summed E-state index contributed by atoms with van der Waals surface area (Å²) in [4.78, 5) is 8.99. The van der Waals surface area contributed by atoms with E-state index in [1.165, 1.54) is 5.39 Å². The molecular formula is C16H21IN4. The van der Waals surface area contributed by atoms with E-state index in [4.69, 9.17) is 0 Å². The molecular weight excluding hydrogens is 375 g/mol. The zero-order valence-electron chi connectivity index (χ0n) is 12.2. The van der Waals surface area contributed by atoms with Crippen molar-refractivity contribution in [2.75, 3.05) is 13.1 Å². The fraction of sp³-hybridized carbons (Fsp3) is 0.250. The highest BCUT2D eigenvalue weighted by molar-refractivity contribution is 14.0. The lowest BCUT2D eigenvalue weighted by Crippen LogP contribution is -2.37. The molecule has 0 saturated heterocycles. The number of aromatic nitrogens is 1. The summed E-state index contributed by atoms with van der Waals surface area (Å²) in [6.07, 6.45) is 3.64. The van der Waals surface area contributed by atoms with Crippen LogP contribution in [0.25, 0.3) is 10.8 Å². The number of halogens is 1. The summed E-state index contributed by atoms with van der Waals surface area (Å²) in [6.45, 7) is 7.80. The molecule has 2 N–H and O–H groups in total. The summed E-state index contributed by atoms with van der Waals surface area (Å²) in [5.41, 5.74) is 0.985. The Balaban J connectivity index is 0.00000220. The highest BCUT2D eigenvalue weighted by Gasteiger charge is 2.02. The molecule has 0 fully saturated rings. The first-order chi connectivity index (χ1) is 9.85. The Labute approximate surface area is 142 Å². The van der Waals surface area contributed by atoms with Gasteiger partial charge in [0.15, 0.2) is 5.96 Å². The monoisotopic (exact) mass is 396 g/mol. The molecule has 112 valence electrons. The van der Waals surface area contributed by atoms with Crippen molar-refractivity contribution in [2.24, 2.45) is 4.99 Å². The number of rotatable bonds is 5. The van der Waals surface area contributed by atoms with Crippen LogP contribution in [0.1, 0.15) is 12.6 Å². The molecule has 21 heavy (non-hydrogen) atoms. The standard InChI is InChI=1S/C16H20N4.HI/c1-3-10-19-16(17-4-2)20-12-15-14-8-6-5-7-13(14)9-11-18-15;/h3,5-9,11H,1,4,10,12H2,2H3,(H2,17,19,20);1H. The van der Waals surface area contributed by atoms with Crippen LogP contribution in [0.4, 0.5) is 0 Å². The topological polar surface area (TPSA) is 49.3 Å². The molecule has 0 radical (unpaired) electrons. The van der Waals surface area contributed by atoms with Crippen LogP contribution in [-0.4, -0.2) is 24.0 Å². The molecule has 0 aliphatic rings. The summed E-state index contributed by atoms with van der Waals surface area (Å²) >= 11 is 0. The molecule has 0 atom stereocenters. The van der Waals surface area contributed by atoms with Gasteiger partial charge in [-0.25, -0.2) is 4.99 Å². The van der Waals surface area contributed by atoms with E-state index >= 15 is 0 Å². The normalized spacial score (nSPS) is 10.8. The number of nitrogens with zero attached hydrogens (tertiary/aromatic N) is 2. The maximum Gasteiger partial charge on any atom is 0.191 e. The summed E-state index contributed by atoms with van der Waals surface area (Å²) in [7, 11) is 0. The lowest BCUT2D eigenvalue weighted by atomic mass is 10.1. The molecule has 0 unspecified atom stereocenters. The van der Waals surface area contributed by atoms with E-state index in [1.54, 1.807) is 0 Å². The van der Waals surface area contributed by atoms with Gasteiger partial charge in [0.05, 0.1) is 12.2 Å². The van der Waals surface area contributed by atoms with E-state index in [0.717, 1.165) is 23.6 Å². The van der Waals surface area contributed by atoms with Gasteiger partial charge in [-0.1, -0.05) is 30.3 Å². The van der Waals surface area contributed by atoms with Gasteiger partial charge in [-0.15, -0.1) is 30.6 Å². The van der Waals surface area contributed by atoms with Crippen LogP contribution in [0, 0.1) is 0 Å². The van der Waals surface area contributed by atoms with Gasteiger partial charge < -0.3 is 10.6 Å². The first-order valence-electron chi connectivity index (χ1n) is 6.81. The second kappa shape index (κ2) is 9.33. The van der Waals surface area contributed by atoms with Gasteiger partial charge in [0.1, 0.15) is 0 Å². The van der Waals surface area contributed by atoms with E-state index in [2.05, 4.69) is 39.3 Å². The Morgan fingerprint density at radius 2 is 2.10 bits per heavy atom. The summed E-state index contributed by atoms with van der Waals surface area (Å²) < 4.78 is 0. The quantitative estimate of drug-likeness (QED) is 0.354. The van der Waals surface area contributed by atoms with E-state index in [-0.39, 0.29) is 24.0 Å². The Morgan fingerprint density at radius 1 is 1.29 bits per heavy atom. The summed E-state index contributed by atoms with van der Waals surface area (Å²) in [5.74, 6) is 0.780. The van der Waals surface area contributed by atoms with E-state index in [0.29, 0.717) is 13.1 Å². The minimum Gasteiger partial charge on any atom is -0.357 e. The van der Waals surface area contributed by atoms with Crippen LogP contribution in [-0.2, 0) is 6.54 Å². The zero-order valence-corrected chi connectivity index (χ0v) is 14.5. The van der Waals surface area contributed by atoms with Gasteiger partial charge in [-0.2, -0.15) is 0 Å². The maximum atomic E-state index is 4.56. The van der Waals surface area contributed by atoms with E-state index in [9.17, 15) is 0 Å². The molecule has 2 rings (SSSR count). The lowest BCUT2D eigenvalue weighted by molar-refractivity contribution is 0.855. The largest absolute Gasteiger partial charge is 0.357 e. The van der Waals surface area contributed by atoms with Gasteiger partial charge in [0.2, 0.25) is 0 Å². The molecule has 1 aromatic heterocycles. The van der Waals surface area contributed by atoms with E-state index < -0.39 is 0 Å². The van der Waals surface area contributed by atoms with Gasteiger partial charge in [0, 0.05) is 24.7 Å². The highest BCUT2D eigenvalue weighted by Crippen LogP contribution is 2.16. The molecule has 1 heterocycles. The van der Waals surface area contributed by atoms with Crippen LogP contribution < -0.4 is 10.6 Å².